The van der Waals surface area contributed by atoms with Crippen molar-refractivity contribution in [2.75, 3.05) is 54.6 Å². The van der Waals surface area contributed by atoms with Crippen LogP contribution in [0.15, 0.2) is 71.5 Å². The molecule has 11 atom stereocenters. The molecule has 2 aliphatic carbocycles. The number of fused-ring (bicyclic) bond motifs is 6. The van der Waals surface area contributed by atoms with E-state index in [1.807, 2.05) is 51.8 Å². The molecule has 5 aliphatic heterocycles. The Bertz CT molecular complexity index is 2510. The van der Waals surface area contributed by atoms with Crippen LogP contribution in [0.5, 0.6) is 0 Å². The van der Waals surface area contributed by atoms with Crippen molar-refractivity contribution in [2.24, 2.45) is 22.7 Å². The fourth-order valence-electron chi connectivity index (χ4n) is 14.0. The predicted molar refractivity (Wildman–Crippen MR) is 247 cm³/mol. The second-order valence-corrected chi connectivity index (χ2v) is 20.7. The molecule has 2 N–H and O–H groups in total. The number of hydrogen-bond donors (Lipinski definition) is 2. The Kier molecular flexibility index (Phi) is 11.4. The Labute approximate surface area is 387 Å². The summed E-state index contributed by atoms with van der Waals surface area (Å²) in [5.41, 5.74) is 0.239. The summed E-state index contributed by atoms with van der Waals surface area (Å²) in [6.07, 6.45) is 14.3. The molecule has 3 fully saturated rings. The van der Waals surface area contributed by atoms with Crippen LogP contribution in [-0.2, 0) is 54.8 Å². The first-order valence-electron chi connectivity index (χ1n) is 23.5. The number of allylic oxidation sites excluding steroid dienone is 1. The maximum absolute atomic E-state index is 15.5. The second kappa shape index (κ2) is 16.3. The van der Waals surface area contributed by atoms with Gasteiger partial charge < -0.3 is 38.7 Å². The van der Waals surface area contributed by atoms with Crippen LogP contribution >= 0.6 is 0 Å². The first-order valence-corrected chi connectivity index (χ1v) is 23.5. The molecule has 66 heavy (non-hydrogen) atoms. The number of likely N-dealkylation sites (N-methyl/N-ethyl adjacent to an activating group) is 1. The van der Waals surface area contributed by atoms with E-state index >= 15 is 4.79 Å². The molecule has 2 aromatic rings. The maximum atomic E-state index is 15.5. The molecule has 6 heterocycles. The Hall–Kier alpha value is -5.02. The number of nitrogens with zero attached hydrogens (tertiary/aromatic N) is 3. The number of likely N-dealkylation sites (tertiary alicyclic amines) is 1. The lowest BCUT2D eigenvalue weighted by Crippen LogP contribution is -2.79. The number of nitrogens with one attached hydrogen (secondary N) is 1. The van der Waals surface area contributed by atoms with Crippen LogP contribution in [-0.4, -0.2) is 139 Å². The van der Waals surface area contributed by atoms with E-state index < -0.39 is 75.5 Å². The van der Waals surface area contributed by atoms with Crippen LogP contribution in [0.25, 0.3) is 17.0 Å². The van der Waals surface area contributed by atoms with Gasteiger partial charge in [0.15, 0.2) is 6.10 Å². The average molecular weight is 907 g/mol. The van der Waals surface area contributed by atoms with Gasteiger partial charge in [-0.15, -0.1) is 0 Å². The van der Waals surface area contributed by atoms with Gasteiger partial charge >= 0.3 is 23.9 Å². The molecule has 0 radical (unpaired) electrons. The highest BCUT2D eigenvalue weighted by Gasteiger charge is 2.81. The van der Waals surface area contributed by atoms with Gasteiger partial charge in [-0.1, -0.05) is 49.8 Å². The van der Waals surface area contributed by atoms with Gasteiger partial charge in [0.25, 0.3) is 0 Å². The van der Waals surface area contributed by atoms with Gasteiger partial charge in [-0.25, -0.2) is 9.59 Å². The van der Waals surface area contributed by atoms with Crippen molar-refractivity contribution >= 4 is 40.9 Å². The summed E-state index contributed by atoms with van der Waals surface area (Å²) in [6, 6.07) is 4.79. The molecule has 2 bridgehead atoms. The van der Waals surface area contributed by atoms with Crippen LogP contribution in [0.2, 0.25) is 0 Å². The highest BCUT2D eigenvalue weighted by Crippen LogP contribution is 2.70. The number of aliphatic hydroxyl groups is 1. The Morgan fingerprint density at radius 3 is 2.42 bits per heavy atom. The monoisotopic (exact) mass is 906 g/mol. The van der Waals surface area contributed by atoms with Crippen molar-refractivity contribution in [1.82, 2.24) is 19.7 Å². The van der Waals surface area contributed by atoms with E-state index in [4.69, 9.17) is 23.7 Å². The first kappa shape index (κ1) is 46.1. The number of H-pyrrole nitrogens is 1. The molecule has 1 aromatic heterocycles. The SMILES string of the molecule is CCC1=C[C@H]2CN(C1)Cc1c([nH]c3ccc(/C=C/C(=O)OC(C)(C)C)cc13)[C@@](C(=O)OC)(C1C=C3C(=CC1OC)N(C)[C@H]1[C@@](O)(C(=O)OC)[C@H](OC(C)=O)[C@]4(CC)C=CCN5CC[C@]31[C@@H]54)C2. The number of methoxy groups -OCH3 is 3. The minimum absolute atomic E-state index is 0.0140. The van der Waals surface area contributed by atoms with Crippen LogP contribution < -0.4 is 0 Å². The quantitative estimate of drug-likeness (QED) is 0.136. The van der Waals surface area contributed by atoms with E-state index in [0.29, 0.717) is 38.9 Å². The average Bonchev–Trinajstić information content (AvgIpc) is 3.93. The van der Waals surface area contributed by atoms with Gasteiger partial charge in [0.1, 0.15) is 11.0 Å². The Morgan fingerprint density at radius 2 is 1.76 bits per heavy atom. The van der Waals surface area contributed by atoms with E-state index in [9.17, 15) is 19.5 Å². The molecule has 7 aliphatic rings. The van der Waals surface area contributed by atoms with Crippen molar-refractivity contribution in [2.45, 2.75) is 115 Å². The summed E-state index contributed by atoms with van der Waals surface area (Å²) >= 11 is 0. The lowest BCUT2D eigenvalue weighted by atomic mass is 9.47. The van der Waals surface area contributed by atoms with E-state index in [-0.39, 0.29) is 12.0 Å². The van der Waals surface area contributed by atoms with Crippen LogP contribution in [0.3, 0.4) is 0 Å². The molecule has 14 heteroatoms. The van der Waals surface area contributed by atoms with Crippen molar-refractivity contribution < 1.29 is 48.0 Å². The second-order valence-electron chi connectivity index (χ2n) is 20.7. The van der Waals surface area contributed by atoms with E-state index in [1.165, 1.54) is 32.8 Å². The van der Waals surface area contributed by atoms with Crippen LogP contribution in [0.4, 0.5) is 0 Å². The molecule has 354 valence electrons. The minimum Gasteiger partial charge on any atom is -0.468 e. The van der Waals surface area contributed by atoms with Gasteiger partial charge in [-0.2, -0.15) is 0 Å². The molecule has 3 unspecified atom stereocenters. The third kappa shape index (κ3) is 6.63. The molecule has 14 nitrogen and oxygen atoms in total. The Morgan fingerprint density at radius 1 is 1.00 bits per heavy atom. The summed E-state index contributed by atoms with van der Waals surface area (Å²) < 4.78 is 29.8. The molecule has 2 saturated heterocycles. The minimum atomic E-state index is -2.30. The van der Waals surface area contributed by atoms with Crippen LogP contribution in [0.1, 0.15) is 84.0 Å². The number of aromatic amines is 1. The number of carbonyl (C=O) groups excluding carboxylic acids is 4. The zero-order valence-electron chi connectivity index (χ0n) is 40.1. The largest absolute Gasteiger partial charge is 0.468 e. The van der Waals surface area contributed by atoms with E-state index in [0.717, 1.165) is 58.5 Å². The summed E-state index contributed by atoms with van der Waals surface area (Å²) in [5.74, 6) is -2.96. The first-order chi connectivity index (χ1) is 31.4. The fourth-order valence-corrected chi connectivity index (χ4v) is 14.0. The number of aromatic nitrogens is 1. The molecule has 1 spiro atoms. The maximum Gasteiger partial charge on any atom is 0.344 e. The summed E-state index contributed by atoms with van der Waals surface area (Å²) in [7, 11) is 6.25. The lowest BCUT2D eigenvalue weighted by Gasteiger charge is -2.63. The predicted octanol–water partition coefficient (Wildman–Crippen LogP) is 5.75. The van der Waals surface area contributed by atoms with Gasteiger partial charge in [0.05, 0.1) is 26.4 Å². The van der Waals surface area contributed by atoms with E-state index in [2.05, 4.69) is 58.2 Å². The van der Waals surface area contributed by atoms with Crippen molar-refractivity contribution in [3.05, 3.63) is 88.3 Å². The normalized spacial score (nSPS) is 35.7. The van der Waals surface area contributed by atoms with Crippen molar-refractivity contribution in [3.63, 3.8) is 0 Å². The lowest BCUT2D eigenvalue weighted by molar-refractivity contribution is -0.243. The summed E-state index contributed by atoms with van der Waals surface area (Å²) in [4.78, 5) is 66.5. The topological polar surface area (TPSA) is 160 Å². The van der Waals surface area contributed by atoms with Crippen molar-refractivity contribution in [3.8, 4) is 0 Å². The third-order valence-corrected chi connectivity index (χ3v) is 16.1. The van der Waals surface area contributed by atoms with Crippen molar-refractivity contribution in [1.29, 1.82) is 0 Å². The smallest absolute Gasteiger partial charge is 0.344 e. The zero-order valence-corrected chi connectivity index (χ0v) is 40.1. The summed E-state index contributed by atoms with van der Waals surface area (Å²) in [6.45, 7) is 14.4. The fraction of sp³-hybridized carbons (Fsp3) is 0.577. The third-order valence-electron chi connectivity index (χ3n) is 16.1. The Balaban J connectivity index is 1.29. The highest BCUT2D eigenvalue weighted by atomic mass is 16.6. The molecular weight excluding hydrogens is 841 g/mol. The number of carbonyl (C=O) groups is 4. The number of hydrogen-bond acceptors (Lipinski definition) is 13. The molecule has 0 amide bonds. The van der Waals surface area contributed by atoms with Crippen LogP contribution in [0, 0.1) is 22.7 Å². The highest BCUT2D eigenvalue weighted by molar-refractivity contribution is 5.94. The van der Waals surface area contributed by atoms with Gasteiger partial charge in [0, 0.05) is 98.4 Å². The number of ether oxygens (including phenoxy) is 5. The van der Waals surface area contributed by atoms with E-state index in [1.54, 1.807) is 13.2 Å². The standard InChI is InChI=1S/C52H66N4O10/c1-11-31-22-33-26-51(46(59)63-9,42-35(29-55(27-31)28-33)34-23-32(14-16-38(34)53-42)15-17-41(58)66-48(4,5)6)37-24-36-39(25-40(37)62-8)54(7)44-50(36)19-21-56-20-13-18-49(12-2,43(50)56)45(65-30(3)57)52(44,61)47(60)64-10/h13-18,22-25,33,37,40,43-45,53,61H,11-12,19-21,26-29H2,1-10H3/b17-15+/t33-,37?,40?,43+,44-,45-,49-,50-,51+,52+/m1/s1. The number of benzene rings is 1. The molecular formula is C52H66N4O10. The number of rotatable bonds is 9. The zero-order chi connectivity index (χ0) is 47.3. The molecule has 1 saturated carbocycles. The van der Waals surface area contributed by atoms with Gasteiger partial charge in [-0.05, 0) is 99.9 Å². The van der Waals surface area contributed by atoms with Gasteiger partial charge in [0.2, 0.25) is 5.60 Å². The van der Waals surface area contributed by atoms with Gasteiger partial charge in [-0.3, -0.25) is 19.4 Å². The molecule has 9 rings (SSSR count). The summed E-state index contributed by atoms with van der Waals surface area (Å²) in [5, 5.41) is 14.3. The molecule has 1 aromatic carbocycles. The number of esters is 4.